The lowest BCUT2D eigenvalue weighted by molar-refractivity contribution is 0.107. The van der Waals surface area contributed by atoms with Crippen LogP contribution in [0.5, 0.6) is 0 Å². The van der Waals surface area contributed by atoms with Crippen LogP contribution < -0.4 is 5.32 Å². The Morgan fingerprint density at radius 1 is 1.38 bits per heavy atom. The monoisotopic (exact) mass is 254 g/mol. The standard InChI is InChI=1S/C12H15NOS2/c1-2-13-9-14-8-10-5-6-12(16-10)11-4-3-7-15-11/h3-7,13H,2,8-9H2,1H3/p+1. The minimum absolute atomic E-state index is 0.631. The SMILES string of the molecule is CCNCOCc1ccc(-c2ccc[sH+]2)s1. The van der Waals surface area contributed by atoms with Crippen LogP contribution in [0.3, 0.4) is 0 Å². The smallest absolute Gasteiger partial charge is 0.188 e. The van der Waals surface area contributed by atoms with Crippen LogP contribution in [-0.4, -0.2) is 13.3 Å². The van der Waals surface area contributed by atoms with Gasteiger partial charge < -0.3 is 4.74 Å². The van der Waals surface area contributed by atoms with Crippen molar-refractivity contribution >= 4 is 22.7 Å². The lowest BCUT2D eigenvalue weighted by Crippen LogP contribution is -2.16. The van der Waals surface area contributed by atoms with Crippen LogP contribution in [0.4, 0.5) is 0 Å². The molecule has 0 aliphatic carbocycles. The summed E-state index contributed by atoms with van der Waals surface area (Å²) in [5, 5.41) is 5.30. The molecule has 0 fully saturated rings. The lowest BCUT2D eigenvalue weighted by atomic mass is 10.4. The first-order valence-electron chi connectivity index (χ1n) is 5.35. The Morgan fingerprint density at radius 3 is 3.06 bits per heavy atom. The molecule has 0 bridgehead atoms. The van der Waals surface area contributed by atoms with Crippen LogP contribution >= 0.6 is 22.7 Å². The predicted octanol–water partition coefficient (Wildman–Crippen LogP) is 3.29. The van der Waals surface area contributed by atoms with Crippen LogP contribution in [-0.2, 0) is 11.3 Å². The van der Waals surface area contributed by atoms with Gasteiger partial charge in [0.15, 0.2) is 4.88 Å². The number of rotatable bonds is 6. The molecule has 1 N–H and O–H groups in total. The summed E-state index contributed by atoms with van der Waals surface area (Å²) in [5.41, 5.74) is 0. The van der Waals surface area contributed by atoms with E-state index in [4.69, 9.17) is 4.74 Å². The summed E-state index contributed by atoms with van der Waals surface area (Å²) in [4.78, 5) is 4.03. The van der Waals surface area contributed by atoms with Gasteiger partial charge in [0, 0.05) is 10.9 Å². The van der Waals surface area contributed by atoms with E-state index < -0.39 is 0 Å². The van der Waals surface area contributed by atoms with Crippen LogP contribution in [0.1, 0.15) is 11.8 Å². The van der Waals surface area contributed by atoms with E-state index in [1.54, 1.807) is 0 Å². The summed E-state index contributed by atoms with van der Waals surface area (Å²) in [6.07, 6.45) is 0. The van der Waals surface area contributed by atoms with Gasteiger partial charge >= 0.3 is 0 Å². The lowest BCUT2D eigenvalue weighted by Gasteiger charge is -2.01. The summed E-state index contributed by atoms with van der Waals surface area (Å²) < 4.78 is 5.50. The summed E-state index contributed by atoms with van der Waals surface area (Å²) in [5.74, 6) is 0. The van der Waals surface area contributed by atoms with Gasteiger partial charge in [0.05, 0.1) is 18.2 Å². The van der Waals surface area contributed by atoms with Crippen molar-refractivity contribution in [2.45, 2.75) is 13.5 Å². The second kappa shape index (κ2) is 6.15. The summed E-state index contributed by atoms with van der Waals surface area (Å²) in [6.45, 7) is 4.36. The first kappa shape index (κ1) is 11.8. The minimum atomic E-state index is 0.631. The van der Waals surface area contributed by atoms with E-state index >= 15 is 0 Å². The molecule has 2 nitrogen and oxygen atoms in total. The van der Waals surface area contributed by atoms with Crippen LogP contribution in [0.15, 0.2) is 29.6 Å². The number of hydrogen-bond acceptors (Lipinski definition) is 3. The third-order valence-electron chi connectivity index (χ3n) is 2.17. The van der Waals surface area contributed by atoms with Gasteiger partial charge in [0.25, 0.3) is 0 Å². The predicted molar refractivity (Wildman–Crippen MR) is 72.4 cm³/mol. The zero-order chi connectivity index (χ0) is 11.2. The molecule has 0 aliphatic heterocycles. The highest BCUT2D eigenvalue weighted by molar-refractivity contribution is 7.21. The van der Waals surface area contributed by atoms with Crippen LogP contribution in [0.2, 0.25) is 0 Å². The highest BCUT2D eigenvalue weighted by atomic mass is 32.1. The third-order valence-corrected chi connectivity index (χ3v) is 4.40. The van der Waals surface area contributed by atoms with Crippen molar-refractivity contribution in [3.63, 3.8) is 0 Å². The first-order chi connectivity index (χ1) is 7.90. The maximum Gasteiger partial charge on any atom is 0.188 e. The molecular formula is C12H16NOS2+. The van der Waals surface area contributed by atoms with Gasteiger partial charge in [-0.1, -0.05) is 6.92 Å². The fraction of sp³-hybridized carbons (Fsp3) is 0.333. The zero-order valence-electron chi connectivity index (χ0n) is 9.27. The maximum absolute atomic E-state index is 5.50. The molecule has 0 amide bonds. The number of ether oxygens (including phenoxy) is 1. The molecule has 2 aromatic rings. The molecule has 4 heteroatoms. The van der Waals surface area contributed by atoms with Crippen molar-refractivity contribution in [2.75, 3.05) is 13.3 Å². The molecule has 0 unspecified atom stereocenters. The van der Waals surface area contributed by atoms with Gasteiger partial charge in [0.2, 0.25) is 0 Å². The summed E-state index contributed by atoms with van der Waals surface area (Å²) in [7, 11) is 0. The van der Waals surface area contributed by atoms with E-state index in [-0.39, 0.29) is 0 Å². The number of hydrogen-bond donors (Lipinski definition) is 1. The van der Waals surface area contributed by atoms with E-state index in [0.717, 1.165) is 6.54 Å². The minimum Gasteiger partial charge on any atom is -0.361 e. The van der Waals surface area contributed by atoms with Crippen molar-refractivity contribution in [1.82, 2.24) is 5.32 Å². The average Bonchev–Trinajstić information content (AvgIpc) is 2.94. The largest absolute Gasteiger partial charge is 0.361 e. The first-order valence-corrected chi connectivity index (χ1v) is 7.13. The van der Waals surface area contributed by atoms with E-state index in [0.29, 0.717) is 13.3 Å². The van der Waals surface area contributed by atoms with Crippen molar-refractivity contribution < 1.29 is 4.74 Å². The maximum atomic E-state index is 5.50. The van der Waals surface area contributed by atoms with E-state index in [1.807, 2.05) is 11.3 Å². The van der Waals surface area contributed by atoms with E-state index in [2.05, 4.69) is 41.9 Å². The second-order valence-electron chi connectivity index (χ2n) is 3.38. The molecular weight excluding hydrogens is 238 g/mol. The van der Waals surface area contributed by atoms with E-state index in [1.165, 1.54) is 26.0 Å². The Hall–Kier alpha value is -0.680. The molecule has 2 aromatic heterocycles. The van der Waals surface area contributed by atoms with Crippen molar-refractivity contribution in [3.8, 4) is 9.75 Å². The Morgan fingerprint density at radius 2 is 2.31 bits per heavy atom. The Bertz CT molecular complexity index is 408. The highest BCUT2D eigenvalue weighted by Crippen LogP contribution is 2.31. The Kier molecular flexibility index (Phi) is 4.54. The van der Waals surface area contributed by atoms with Gasteiger partial charge in [0.1, 0.15) is 5.38 Å². The molecule has 2 heterocycles. The molecule has 0 radical (unpaired) electrons. The summed E-state index contributed by atoms with van der Waals surface area (Å²) >= 11 is 3.12. The fourth-order valence-corrected chi connectivity index (χ4v) is 3.24. The van der Waals surface area contributed by atoms with Gasteiger partial charge in [-0.3, -0.25) is 5.32 Å². The molecule has 2 rings (SSSR count). The fourth-order valence-electron chi connectivity index (χ4n) is 1.37. The van der Waals surface area contributed by atoms with Crippen molar-refractivity contribution in [1.29, 1.82) is 0 Å². The van der Waals surface area contributed by atoms with E-state index in [9.17, 15) is 0 Å². The topological polar surface area (TPSA) is 21.3 Å². The molecule has 16 heavy (non-hydrogen) atoms. The van der Waals surface area contributed by atoms with Gasteiger partial charge in [-0.05, 0) is 36.1 Å². The molecule has 0 aromatic carbocycles. The van der Waals surface area contributed by atoms with Crippen molar-refractivity contribution in [3.05, 3.63) is 34.5 Å². The Labute approximate surface area is 104 Å². The normalized spacial score (nSPS) is 10.8. The molecule has 0 saturated carbocycles. The molecule has 0 aliphatic rings. The van der Waals surface area contributed by atoms with Gasteiger partial charge in [-0.25, -0.2) is 0 Å². The number of thiophene rings is 2. The van der Waals surface area contributed by atoms with Crippen LogP contribution in [0.25, 0.3) is 9.75 Å². The third kappa shape index (κ3) is 3.15. The molecule has 0 atom stereocenters. The zero-order valence-corrected chi connectivity index (χ0v) is 11.0. The van der Waals surface area contributed by atoms with Crippen molar-refractivity contribution in [2.24, 2.45) is 0 Å². The number of nitrogens with one attached hydrogen (secondary N) is 1. The average molecular weight is 254 g/mol. The van der Waals surface area contributed by atoms with Gasteiger partial charge in [-0.15, -0.1) is 11.3 Å². The second-order valence-corrected chi connectivity index (χ2v) is 5.59. The summed E-state index contributed by atoms with van der Waals surface area (Å²) in [6, 6.07) is 8.62. The van der Waals surface area contributed by atoms with Crippen LogP contribution in [0, 0.1) is 0 Å². The molecule has 0 spiro atoms. The Balaban J connectivity index is 1.88. The molecule has 86 valence electrons. The molecule has 0 saturated heterocycles. The highest BCUT2D eigenvalue weighted by Gasteiger charge is 2.08. The van der Waals surface area contributed by atoms with Gasteiger partial charge in [-0.2, -0.15) is 0 Å². The quantitative estimate of drug-likeness (QED) is 0.485.